The molecule has 32 heavy (non-hydrogen) atoms. The Morgan fingerprint density at radius 1 is 1.16 bits per heavy atom. The van der Waals surface area contributed by atoms with Crippen molar-refractivity contribution in [2.24, 2.45) is 0 Å². The monoisotopic (exact) mass is 470 g/mol. The molecule has 0 bridgehead atoms. The van der Waals surface area contributed by atoms with E-state index in [9.17, 15) is 9.59 Å². The fourth-order valence-corrected chi connectivity index (χ4v) is 4.84. The number of nitrogens with zero attached hydrogens (tertiary/aromatic N) is 4. The molecule has 1 saturated heterocycles. The number of hydrogen-bond acceptors (Lipinski definition) is 7. The second-order valence-electron chi connectivity index (χ2n) is 7.43. The third-order valence-corrected chi connectivity index (χ3v) is 6.73. The Morgan fingerprint density at radius 2 is 1.94 bits per heavy atom. The van der Waals surface area contributed by atoms with Gasteiger partial charge in [-0.05, 0) is 23.8 Å². The van der Waals surface area contributed by atoms with Gasteiger partial charge in [-0.1, -0.05) is 29.8 Å². The van der Waals surface area contributed by atoms with Crippen LogP contribution in [0.5, 0.6) is 0 Å². The number of pyridine rings is 1. The summed E-state index contributed by atoms with van der Waals surface area (Å²) in [5, 5.41) is 3.29. The highest BCUT2D eigenvalue weighted by atomic mass is 35.5. The molecule has 1 fully saturated rings. The van der Waals surface area contributed by atoms with E-state index in [0.29, 0.717) is 36.8 Å². The molecule has 0 radical (unpaired) electrons. The normalized spacial score (nSPS) is 15.4. The Bertz CT molecular complexity index is 1080. The van der Waals surface area contributed by atoms with Crippen molar-refractivity contribution in [3.05, 3.63) is 70.5 Å². The van der Waals surface area contributed by atoms with Crippen LogP contribution >= 0.6 is 22.9 Å². The second-order valence-corrected chi connectivity index (χ2v) is 8.69. The second kappa shape index (κ2) is 10.2. The summed E-state index contributed by atoms with van der Waals surface area (Å²) in [7, 11) is 1.37. The van der Waals surface area contributed by atoms with E-state index in [4.69, 9.17) is 16.3 Å². The van der Waals surface area contributed by atoms with E-state index in [1.165, 1.54) is 18.4 Å². The molecular formula is C23H23ClN4O3S. The molecule has 0 saturated carbocycles. The first-order chi connectivity index (χ1) is 15.6. The summed E-state index contributed by atoms with van der Waals surface area (Å²) in [5.41, 5.74) is 2.41. The van der Waals surface area contributed by atoms with E-state index in [2.05, 4.69) is 9.97 Å². The van der Waals surface area contributed by atoms with Gasteiger partial charge in [0.05, 0.1) is 19.2 Å². The minimum atomic E-state index is -0.591. The highest BCUT2D eigenvalue weighted by Crippen LogP contribution is 2.29. The molecule has 7 nitrogen and oxygen atoms in total. The van der Waals surface area contributed by atoms with Crippen LogP contribution in [0, 0.1) is 0 Å². The molecule has 2 aromatic heterocycles. The molecule has 0 spiro atoms. The topological polar surface area (TPSA) is 75.6 Å². The van der Waals surface area contributed by atoms with Gasteiger partial charge in [-0.2, -0.15) is 0 Å². The van der Waals surface area contributed by atoms with Crippen molar-refractivity contribution in [3.8, 4) is 10.6 Å². The Kier molecular flexibility index (Phi) is 7.14. The number of methoxy groups -OCH3 is 1. The van der Waals surface area contributed by atoms with Gasteiger partial charge in [-0.3, -0.25) is 14.7 Å². The maximum Gasteiger partial charge on any atom is 0.327 e. The zero-order valence-electron chi connectivity index (χ0n) is 17.6. The lowest BCUT2D eigenvalue weighted by Gasteiger charge is -2.38. The van der Waals surface area contributed by atoms with Crippen molar-refractivity contribution in [2.45, 2.75) is 12.5 Å². The summed E-state index contributed by atoms with van der Waals surface area (Å²) in [6, 6.07) is 10.5. The first kappa shape index (κ1) is 22.4. The van der Waals surface area contributed by atoms with Crippen LogP contribution in [0.4, 0.5) is 0 Å². The van der Waals surface area contributed by atoms with Crippen molar-refractivity contribution in [3.63, 3.8) is 0 Å². The third-order valence-electron chi connectivity index (χ3n) is 5.45. The van der Waals surface area contributed by atoms with Crippen LogP contribution in [0.3, 0.4) is 0 Å². The fourth-order valence-electron chi connectivity index (χ4n) is 3.79. The van der Waals surface area contributed by atoms with Gasteiger partial charge in [0, 0.05) is 54.5 Å². The van der Waals surface area contributed by atoms with Crippen LogP contribution in [0.2, 0.25) is 5.02 Å². The third kappa shape index (κ3) is 4.98. The van der Waals surface area contributed by atoms with Crippen molar-refractivity contribution >= 4 is 34.8 Å². The largest absolute Gasteiger partial charge is 0.468 e. The van der Waals surface area contributed by atoms with Crippen molar-refractivity contribution in [2.75, 3.05) is 33.3 Å². The van der Waals surface area contributed by atoms with Gasteiger partial charge >= 0.3 is 5.97 Å². The van der Waals surface area contributed by atoms with Crippen LogP contribution in [-0.2, 0) is 20.7 Å². The van der Waals surface area contributed by atoms with E-state index in [0.717, 1.165) is 16.3 Å². The highest BCUT2D eigenvalue weighted by molar-refractivity contribution is 7.13. The summed E-state index contributed by atoms with van der Waals surface area (Å²) < 4.78 is 5.04. The number of rotatable bonds is 6. The predicted octanol–water partition coefficient (Wildman–Crippen LogP) is 3.46. The number of amides is 1. The lowest BCUT2D eigenvalue weighted by Crippen LogP contribution is -2.51. The Morgan fingerprint density at radius 3 is 2.62 bits per heavy atom. The highest BCUT2D eigenvalue weighted by Gasteiger charge is 2.33. The van der Waals surface area contributed by atoms with Crippen LogP contribution in [0.1, 0.15) is 17.3 Å². The summed E-state index contributed by atoms with van der Waals surface area (Å²) >= 11 is 7.85. The molecule has 166 valence electrons. The zero-order valence-corrected chi connectivity index (χ0v) is 19.2. The quantitative estimate of drug-likeness (QED) is 0.513. The van der Waals surface area contributed by atoms with Gasteiger partial charge in [-0.25, -0.2) is 9.78 Å². The smallest absolute Gasteiger partial charge is 0.327 e. The van der Waals surface area contributed by atoms with E-state index < -0.39 is 6.04 Å². The molecular weight excluding hydrogens is 448 g/mol. The van der Waals surface area contributed by atoms with E-state index >= 15 is 0 Å². The maximum absolute atomic E-state index is 12.9. The van der Waals surface area contributed by atoms with Gasteiger partial charge in [0.15, 0.2) is 0 Å². The first-order valence-corrected chi connectivity index (χ1v) is 11.5. The average Bonchev–Trinajstić information content (AvgIpc) is 3.30. The number of carbonyl (C=O) groups is 2. The first-order valence-electron chi connectivity index (χ1n) is 10.3. The lowest BCUT2D eigenvalue weighted by atomic mass is 10.0. The number of benzene rings is 1. The molecule has 1 aliphatic heterocycles. The number of ether oxygens (including phenoxy) is 1. The SMILES string of the molecule is COC(=O)C(c1ccccc1Cl)N1CCN(C(=O)Cc2csc(-c3cccnc3)n2)CC1. The molecule has 3 aromatic rings. The Hall–Kier alpha value is -2.81. The molecule has 1 atom stereocenters. The molecule has 9 heteroatoms. The number of thiazole rings is 1. The number of hydrogen-bond donors (Lipinski definition) is 0. The van der Waals surface area contributed by atoms with E-state index in [1.54, 1.807) is 18.5 Å². The molecule has 4 rings (SSSR count). The van der Waals surface area contributed by atoms with Crippen LogP contribution in [0.15, 0.2) is 54.2 Å². The number of aromatic nitrogens is 2. The van der Waals surface area contributed by atoms with Gasteiger partial charge in [0.1, 0.15) is 11.0 Å². The van der Waals surface area contributed by atoms with Gasteiger partial charge < -0.3 is 9.64 Å². The molecule has 0 aliphatic carbocycles. The van der Waals surface area contributed by atoms with E-state index in [-0.39, 0.29) is 18.3 Å². The predicted molar refractivity (Wildman–Crippen MR) is 123 cm³/mol. The molecule has 1 aromatic carbocycles. The lowest BCUT2D eigenvalue weighted by molar-refractivity contribution is -0.148. The molecule has 1 unspecified atom stereocenters. The van der Waals surface area contributed by atoms with Gasteiger partial charge in [0.25, 0.3) is 0 Å². The van der Waals surface area contributed by atoms with Crippen molar-refractivity contribution < 1.29 is 14.3 Å². The molecule has 1 aliphatic rings. The number of carbonyl (C=O) groups excluding carboxylic acids is 2. The van der Waals surface area contributed by atoms with Crippen LogP contribution in [0.25, 0.3) is 10.6 Å². The summed E-state index contributed by atoms with van der Waals surface area (Å²) in [4.78, 5) is 37.9. The minimum Gasteiger partial charge on any atom is -0.468 e. The standard InChI is InChI=1S/C23H23ClN4O3S/c1-31-23(30)21(18-6-2-3-7-19(18)24)28-11-9-27(10-12-28)20(29)13-17-15-32-22(26-17)16-5-4-8-25-14-16/h2-8,14-15,21H,9-13H2,1H3. The van der Waals surface area contributed by atoms with Crippen molar-refractivity contribution in [1.82, 2.24) is 19.8 Å². The zero-order chi connectivity index (χ0) is 22.5. The van der Waals surface area contributed by atoms with Crippen LogP contribution < -0.4 is 0 Å². The minimum absolute atomic E-state index is 0.0278. The number of piperazine rings is 1. The van der Waals surface area contributed by atoms with Crippen LogP contribution in [-0.4, -0.2) is 64.9 Å². The molecule has 0 N–H and O–H groups in total. The summed E-state index contributed by atoms with van der Waals surface area (Å²) in [5.74, 6) is -0.330. The Balaban J connectivity index is 1.38. The maximum atomic E-state index is 12.9. The van der Waals surface area contributed by atoms with Crippen molar-refractivity contribution in [1.29, 1.82) is 0 Å². The molecule has 3 heterocycles. The van der Waals surface area contributed by atoms with Gasteiger partial charge in [0.2, 0.25) is 5.91 Å². The Labute approximate surface area is 195 Å². The molecule has 1 amide bonds. The average molecular weight is 471 g/mol. The number of esters is 1. The van der Waals surface area contributed by atoms with E-state index in [1.807, 2.05) is 45.5 Å². The fraction of sp³-hybridized carbons (Fsp3) is 0.304. The van der Waals surface area contributed by atoms with Gasteiger partial charge in [-0.15, -0.1) is 11.3 Å². The summed E-state index contributed by atoms with van der Waals surface area (Å²) in [6.45, 7) is 2.15. The number of halogens is 1. The summed E-state index contributed by atoms with van der Waals surface area (Å²) in [6.07, 6.45) is 3.74.